The number of esters is 1. The number of hydrogen-bond acceptors (Lipinski definition) is 5. The number of carbonyl (C=O) groups is 1. The van der Waals surface area contributed by atoms with E-state index in [9.17, 15) is 13.2 Å². The first-order valence-corrected chi connectivity index (χ1v) is 12.7. The minimum Gasteiger partial charge on any atom is -0.464 e. The Kier molecular flexibility index (Phi) is 9.22. The molecule has 0 aliphatic rings. The van der Waals surface area contributed by atoms with Crippen molar-refractivity contribution in [3.63, 3.8) is 0 Å². The van der Waals surface area contributed by atoms with Crippen LogP contribution in [-0.4, -0.2) is 27.1 Å². The Labute approximate surface area is 196 Å². The van der Waals surface area contributed by atoms with Gasteiger partial charge in [-0.2, -0.15) is 8.42 Å². The van der Waals surface area contributed by atoms with Crippen LogP contribution in [0.4, 0.5) is 0 Å². The van der Waals surface area contributed by atoms with Crippen LogP contribution in [0.3, 0.4) is 0 Å². The van der Waals surface area contributed by atoms with E-state index in [1.165, 1.54) is 6.07 Å². The Hall–Kier alpha value is -2.96. The zero-order valence-electron chi connectivity index (χ0n) is 18.9. The maximum atomic E-state index is 13.3. The zero-order valence-corrected chi connectivity index (χ0v) is 19.7. The molecule has 0 heterocycles. The van der Waals surface area contributed by atoms with Gasteiger partial charge in [-0.3, -0.25) is 4.18 Å². The number of unbranched alkanes of at least 4 members (excludes halogenated alkanes) is 1. The summed E-state index contributed by atoms with van der Waals surface area (Å²) in [4.78, 5) is 12.7. The number of aryl methyl sites for hydroxylation is 1. The zero-order chi connectivity index (χ0) is 23.5. The summed E-state index contributed by atoms with van der Waals surface area (Å²) < 4.78 is 37.4. The summed E-state index contributed by atoms with van der Waals surface area (Å²) in [6, 6.07) is 25.7. The molecule has 0 amide bonds. The van der Waals surface area contributed by atoms with Crippen molar-refractivity contribution in [2.45, 2.75) is 50.0 Å². The Morgan fingerprint density at radius 2 is 1.48 bits per heavy atom. The fourth-order valence-electron chi connectivity index (χ4n) is 3.50. The first-order valence-electron chi connectivity index (χ1n) is 11.3. The molecule has 6 heteroatoms. The molecule has 3 aromatic carbocycles. The number of carbonyl (C=O) groups excluding carboxylic acids is 1. The second-order valence-electron chi connectivity index (χ2n) is 7.80. The fourth-order valence-corrected chi connectivity index (χ4v) is 4.78. The van der Waals surface area contributed by atoms with Gasteiger partial charge < -0.3 is 4.74 Å². The molecule has 0 bridgehead atoms. The lowest BCUT2D eigenvalue weighted by Gasteiger charge is -2.18. The smallest absolute Gasteiger partial charge is 0.336 e. The van der Waals surface area contributed by atoms with Crippen molar-refractivity contribution in [2.75, 3.05) is 6.61 Å². The molecule has 0 spiro atoms. The van der Waals surface area contributed by atoms with Crippen molar-refractivity contribution in [1.82, 2.24) is 0 Å². The van der Waals surface area contributed by atoms with E-state index in [1.807, 2.05) is 67.6 Å². The molecule has 0 saturated carbocycles. The highest BCUT2D eigenvalue weighted by Crippen LogP contribution is 2.29. The highest BCUT2D eigenvalue weighted by molar-refractivity contribution is 7.87. The van der Waals surface area contributed by atoms with Crippen LogP contribution in [0.5, 0.6) is 0 Å². The van der Waals surface area contributed by atoms with Gasteiger partial charge in [0.25, 0.3) is 10.1 Å². The summed E-state index contributed by atoms with van der Waals surface area (Å²) in [5.74, 6) is -0.641. The topological polar surface area (TPSA) is 69.7 Å². The van der Waals surface area contributed by atoms with Crippen molar-refractivity contribution in [1.29, 1.82) is 0 Å². The molecule has 0 N–H and O–H groups in total. The van der Waals surface area contributed by atoms with Gasteiger partial charge in [-0.25, -0.2) is 4.79 Å². The third-order valence-electron chi connectivity index (χ3n) is 5.26. The van der Waals surface area contributed by atoms with Crippen LogP contribution in [0.1, 0.15) is 38.2 Å². The van der Waals surface area contributed by atoms with E-state index in [-0.39, 0.29) is 17.9 Å². The highest BCUT2D eigenvalue weighted by Gasteiger charge is 2.30. The standard InChI is InChI=1S/C27H30O5S/c1-2-3-21-31-27(28)25(19-12-15-22-13-6-4-7-14-22)32-33(29,30)26-20-11-10-18-24(26)23-16-8-5-9-17-23/h4-11,13-14,16-18,20,25H,2-3,12,15,19,21H2,1H3/t25-/m1/s1. The molecule has 0 radical (unpaired) electrons. The predicted molar refractivity (Wildman–Crippen MR) is 129 cm³/mol. The first kappa shape index (κ1) is 24.7. The van der Waals surface area contributed by atoms with Gasteiger partial charge >= 0.3 is 5.97 Å². The van der Waals surface area contributed by atoms with E-state index in [2.05, 4.69) is 0 Å². The van der Waals surface area contributed by atoms with E-state index in [0.717, 1.165) is 17.5 Å². The van der Waals surface area contributed by atoms with Crippen molar-refractivity contribution in [3.05, 3.63) is 90.5 Å². The Morgan fingerprint density at radius 3 is 2.18 bits per heavy atom. The maximum absolute atomic E-state index is 13.3. The molecular weight excluding hydrogens is 436 g/mol. The summed E-state index contributed by atoms with van der Waals surface area (Å²) in [5.41, 5.74) is 2.40. The molecule has 0 saturated heterocycles. The van der Waals surface area contributed by atoms with Gasteiger partial charge in [0, 0.05) is 5.56 Å². The third-order valence-corrected chi connectivity index (χ3v) is 6.64. The minimum atomic E-state index is -4.21. The van der Waals surface area contributed by atoms with Crippen molar-refractivity contribution in [2.24, 2.45) is 0 Å². The average Bonchev–Trinajstić information content (AvgIpc) is 2.84. The van der Waals surface area contributed by atoms with E-state index in [0.29, 0.717) is 24.8 Å². The van der Waals surface area contributed by atoms with Crippen LogP contribution < -0.4 is 0 Å². The van der Waals surface area contributed by atoms with Crippen LogP contribution in [0, 0.1) is 0 Å². The molecule has 3 rings (SSSR count). The van der Waals surface area contributed by atoms with Crippen LogP contribution in [0.2, 0.25) is 0 Å². The Balaban J connectivity index is 1.79. The summed E-state index contributed by atoms with van der Waals surface area (Å²) >= 11 is 0. The maximum Gasteiger partial charge on any atom is 0.336 e. The normalized spacial score (nSPS) is 12.3. The molecule has 0 fully saturated rings. The SMILES string of the molecule is CCCCOC(=O)[C@@H](CCCc1ccccc1)OS(=O)(=O)c1ccccc1-c1ccccc1. The van der Waals surface area contributed by atoms with Crippen molar-refractivity contribution < 1.29 is 22.1 Å². The number of benzene rings is 3. The molecule has 0 unspecified atom stereocenters. The van der Waals surface area contributed by atoms with E-state index < -0.39 is 22.2 Å². The monoisotopic (exact) mass is 466 g/mol. The van der Waals surface area contributed by atoms with Gasteiger partial charge in [0.1, 0.15) is 4.90 Å². The minimum absolute atomic E-state index is 0.0330. The molecule has 1 atom stereocenters. The summed E-state index contributed by atoms with van der Waals surface area (Å²) in [6.45, 7) is 2.24. The van der Waals surface area contributed by atoms with Crippen LogP contribution in [-0.2, 0) is 30.3 Å². The lowest BCUT2D eigenvalue weighted by molar-refractivity contribution is -0.152. The first-order chi connectivity index (χ1) is 16.0. The molecular formula is C27H30O5S. The molecule has 0 aromatic heterocycles. The fraction of sp³-hybridized carbons (Fsp3) is 0.296. The largest absolute Gasteiger partial charge is 0.464 e. The van der Waals surface area contributed by atoms with Gasteiger partial charge in [0.2, 0.25) is 0 Å². The van der Waals surface area contributed by atoms with Crippen LogP contribution in [0.25, 0.3) is 11.1 Å². The van der Waals surface area contributed by atoms with E-state index in [1.54, 1.807) is 18.2 Å². The number of ether oxygens (including phenoxy) is 1. The summed E-state index contributed by atoms with van der Waals surface area (Å²) in [7, 11) is -4.21. The Bertz CT molecular complexity index is 1110. The quantitative estimate of drug-likeness (QED) is 0.192. The van der Waals surface area contributed by atoms with Gasteiger partial charge in [-0.1, -0.05) is 92.2 Å². The lowest BCUT2D eigenvalue weighted by atomic mass is 10.1. The Morgan fingerprint density at radius 1 is 0.848 bits per heavy atom. The molecule has 3 aromatic rings. The van der Waals surface area contributed by atoms with Crippen molar-refractivity contribution in [3.8, 4) is 11.1 Å². The van der Waals surface area contributed by atoms with Gasteiger partial charge in [0.05, 0.1) is 6.61 Å². The molecule has 174 valence electrons. The van der Waals surface area contributed by atoms with Crippen LogP contribution >= 0.6 is 0 Å². The van der Waals surface area contributed by atoms with Gasteiger partial charge in [-0.05, 0) is 42.9 Å². The molecule has 5 nitrogen and oxygen atoms in total. The van der Waals surface area contributed by atoms with Crippen molar-refractivity contribution >= 4 is 16.1 Å². The molecule has 33 heavy (non-hydrogen) atoms. The lowest BCUT2D eigenvalue weighted by Crippen LogP contribution is -2.30. The third kappa shape index (κ3) is 7.27. The van der Waals surface area contributed by atoms with Crippen LogP contribution in [0.15, 0.2) is 89.8 Å². The highest BCUT2D eigenvalue weighted by atomic mass is 32.2. The second-order valence-corrected chi connectivity index (χ2v) is 9.34. The number of hydrogen-bond donors (Lipinski definition) is 0. The molecule has 0 aliphatic carbocycles. The average molecular weight is 467 g/mol. The van der Waals surface area contributed by atoms with Gasteiger partial charge in [-0.15, -0.1) is 0 Å². The summed E-state index contributed by atoms with van der Waals surface area (Å²) in [6.07, 6.45) is 1.94. The second kappa shape index (κ2) is 12.3. The van der Waals surface area contributed by atoms with E-state index >= 15 is 0 Å². The molecule has 0 aliphatic heterocycles. The predicted octanol–water partition coefficient (Wildman–Crippen LogP) is 5.79. The van der Waals surface area contributed by atoms with Gasteiger partial charge in [0.15, 0.2) is 6.10 Å². The summed E-state index contributed by atoms with van der Waals surface area (Å²) in [5, 5.41) is 0. The number of rotatable bonds is 12. The van der Waals surface area contributed by atoms with E-state index in [4.69, 9.17) is 8.92 Å².